The lowest BCUT2D eigenvalue weighted by Crippen LogP contribution is -2.37. The van der Waals surface area contributed by atoms with Crippen LogP contribution in [0.5, 0.6) is 0 Å². The van der Waals surface area contributed by atoms with E-state index in [0.717, 1.165) is 25.9 Å². The summed E-state index contributed by atoms with van der Waals surface area (Å²) in [7, 11) is 1.66. The number of nitrogens with zero attached hydrogens (tertiary/aromatic N) is 2. The molecule has 1 aromatic carbocycles. The van der Waals surface area contributed by atoms with Gasteiger partial charge in [0.25, 0.3) is 11.6 Å². The SMILES string of the molecule is CN(CC1CCNCC1)C(=O)c1c(Cl)cccc1[N+](=O)[O-]. The average Bonchev–Trinajstić information content (AvgIpc) is 2.47. The van der Waals surface area contributed by atoms with E-state index in [-0.39, 0.29) is 16.3 Å². The number of halogens is 1. The molecule has 0 spiro atoms. The minimum atomic E-state index is -0.572. The molecule has 6 nitrogen and oxygen atoms in total. The van der Waals surface area contributed by atoms with Crippen LogP contribution in [-0.2, 0) is 0 Å². The summed E-state index contributed by atoms with van der Waals surface area (Å²) in [6.45, 7) is 2.47. The Morgan fingerprint density at radius 2 is 2.14 bits per heavy atom. The minimum Gasteiger partial charge on any atom is -0.341 e. The molecule has 2 rings (SSSR count). The van der Waals surface area contributed by atoms with Crippen molar-refractivity contribution >= 4 is 23.2 Å². The van der Waals surface area contributed by atoms with Gasteiger partial charge in [-0.3, -0.25) is 14.9 Å². The molecule has 0 atom stereocenters. The standard InChI is InChI=1S/C14H18ClN3O3/c1-17(9-10-5-7-16-8-6-10)14(19)13-11(15)3-2-4-12(13)18(20)21/h2-4,10,16H,5-9H2,1H3. The number of hydrogen-bond donors (Lipinski definition) is 1. The van der Waals surface area contributed by atoms with Crippen LogP contribution in [-0.4, -0.2) is 42.4 Å². The zero-order chi connectivity index (χ0) is 15.4. The normalized spacial score (nSPS) is 15.7. The molecule has 1 fully saturated rings. The first-order valence-electron chi connectivity index (χ1n) is 6.89. The fraction of sp³-hybridized carbons (Fsp3) is 0.500. The predicted octanol–water partition coefficient (Wildman–Crippen LogP) is 2.32. The highest BCUT2D eigenvalue weighted by atomic mass is 35.5. The van der Waals surface area contributed by atoms with Gasteiger partial charge in [-0.15, -0.1) is 0 Å². The van der Waals surface area contributed by atoms with E-state index in [2.05, 4.69) is 5.32 Å². The van der Waals surface area contributed by atoms with Crippen LogP contribution in [0.3, 0.4) is 0 Å². The van der Waals surface area contributed by atoms with E-state index in [9.17, 15) is 14.9 Å². The summed E-state index contributed by atoms with van der Waals surface area (Å²) in [5, 5.41) is 14.4. The Hall–Kier alpha value is -1.66. The monoisotopic (exact) mass is 311 g/mol. The largest absolute Gasteiger partial charge is 0.341 e. The number of nitrogens with one attached hydrogen (secondary N) is 1. The molecule has 1 amide bonds. The second kappa shape index (κ2) is 6.87. The Morgan fingerprint density at radius 1 is 1.48 bits per heavy atom. The van der Waals surface area contributed by atoms with Gasteiger partial charge in [-0.2, -0.15) is 0 Å². The first-order chi connectivity index (χ1) is 10.0. The number of benzene rings is 1. The molecular weight excluding hydrogens is 294 g/mol. The third-order valence-electron chi connectivity index (χ3n) is 3.74. The summed E-state index contributed by atoms with van der Waals surface area (Å²) < 4.78 is 0. The van der Waals surface area contributed by atoms with E-state index in [4.69, 9.17) is 11.6 Å². The molecule has 7 heteroatoms. The highest BCUT2D eigenvalue weighted by Crippen LogP contribution is 2.27. The molecule has 114 valence electrons. The molecule has 1 saturated heterocycles. The van der Waals surface area contributed by atoms with Crippen LogP contribution >= 0.6 is 11.6 Å². The van der Waals surface area contributed by atoms with Gasteiger partial charge < -0.3 is 10.2 Å². The van der Waals surface area contributed by atoms with E-state index >= 15 is 0 Å². The molecule has 1 heterocycles. The molecule has 1 aromatic rings. The van der Waals surface area contributed by atoms with Crippen molar-refractivity contribution in [3.8, 4) is 0 Å². The zero-order valence-corrected chi connectivity index (χ0v) is 12.6. The number of hydrogen-bond acceptors (Lipinski definition) is 4. The van der Waals surface area contributed by atoms with Crippen molar-refractivity contribution in [1.82, 2.24) is 10.2 Å². The molecule has 0 bridgehead atoms. The van der Waals surface area contributed by atoms with Crippen molar-refractivity contribution in [2.24, 2.45) is 5.92 Å². The number of carbonyl (C=O) groups is 1. The third kappa shape index (κ3) is 3.71. The maximum absolute atomic E-state index is 12.5. The maximum Gasteiger partial charge on any atom is 0.283 e. The lowest BCUT2D eigenvalue weighted by molar-refractivity contribution is -0.385. The van der Waals surface area contributed by atoms with Gasteiger partial charge in [-0.05, 0) is 37.9 Å². The second-order valence-electron chi connectivity index (χ2n) is 5.27. The molecule has 1 aliphatic heterocycles. The quantitative estimate of drug-likeness (QED) is 0.684. The van der Waals surface area contributed by atoms with E-state index < -0.39 is 10.8 Å². The lowest BCUT2D eigenvalue weighted by Gasteiger charge is -2.27. The summed E-state index contributed by atoms with van der Waals surface area (Å²) in [6, 6.07) is 4.28. The molecule has 21 heavy (non-hydrogen) atoms. The van der Waals surface area contributed by atoms with Crippen LogP contribution in [0.4, 0.5) is 5.69 Å². The molecule has 0 radical (unpaired) electrons. The fourth-order valence-electron chi connectivity index (χ4n) is 2.60. The zero-order valence-electron chi connectivity index (χ0n) is 11.8. The van der Waals surface area contributed by atoms with Crippen LogP contribution in [0.1, 0.15) is 23.2 Å². The summed E-state index contributed by atoms with van der Waals surface area (Å²) >= 11 is 5.99. The van der Waals surface area contributed by atoms with Gasteiger partial charge in [-0.1, -0.05) is 17.7 Å². The second-order valence-corrected chi connectivity index (χ2v) is 5.68. The van der Waals surface area contributed by atoms with Crippen molar-refractivity contribution in [3.05, 3.63) is 38.9 Å². The van der Waals surface area contributed by atoms with Gasteiger partial charge in [0.15, 0.2) is 0 Å². The van der Waals surface area contributed by atoms with E-state index in [1.54, 1.807) is 7.05 Å². The number of nitro benzene ring substituents is 1. The molecular formula is C14H18ClN3O3. The molecule has 0 aliphatic carbocycles. The number of rotatable bonds is 4. The highest BCUT2D eigenvalue weighted by molar-refractivity contribution is 6.34. The molecule has 0 unspecified atom stereocenters. The topological polar surface area (TPSA) is 75.5 Å². The van der Waals surface area contributed by atoms with Crippen LogP contribution in [0.25, 0.3) is 0 Å². The average molecular weight is 312 g/mol. The van der Waals surface area contributed by atoms with Gasteiger partial charge in [0.1, 0.15) is 5.56 Å². The van der Waals surface area contributed by atoms with Gasteiger partial charge in [-0.25, -0.2) is 0 Å². The third-order valence-corrected chi connectivity index (χ3v) is 4.05. The van der Waals surface area contributed by atoms with Crippen LogP contribution in [0.2, 0.25) is 5.02 Å². The molecule has 1 aliphatic rings. The van der Waals surface area contributed by atoms with Crippen LogP contribution in [0.15, 0.2) is 18.2 Å². The number of nitro groups is 1. The Labute approximate surface area is 128 Å². The first-order valence-corrected chi connectivity index (χ1v) is 7.27. The van der Waals surface area contributed by atoms with E-state index in [1.165, 1.54) is 23.1 Å². The summed E-state index contributed by atoms with van der Waals surface area (Å²) in [5.41, 5.74) is -0.273. The molecule has 0 aromatic heterocycles. The van der Waals surface area contributed by atoms with Crippen LogP contribution < -0.4 is 5.32 Å². The Balaban J connectivity index is 2.17. The van der Waals surface area contributed by atoms with Gasteiger partial charge in [0.2, 0.25) is 0 Å². The lowest BCUT2D eigenvalue weighted by atomic mass is 9.97. The van der Waals surface area contributed by atoms with Gasteiger partial charge in [0.05, 0.1) is 9.95 Å². The summed E-state index contributed by atoms with van der Waals surface area (Å²) in [5.74, 6) is 0.0209. The van der Waals surface area contributed by atoms with Crippen molar-refractivity contribution in [3.63, 3.8) is 0 Å². The van der Waals surface area contributed by atoms with Crippen molar-refractivity contribution in [2.75, 3.05) is 26.7 Å². The fourth-order valence-corrected chi connectivity index (χ4v) is 2.85. The van der Waals surface area contributed by atoms with Gasteiger partial charge >= 0.3 is 0 Å². The molecule has 1 N–H and O–H groups in total. The Morgan fingerprint density at radius 3 is 2.76 bits per heavy atom. The van der Waals surface area contributed by atoms with Crippen molar-refractivity contribution in [1.29, 1.82) is 0 Å². The predicted molar refractivity (Wildman–Crippen MR) is 80.7 cm³/mol. The first kappa shape index (κ1) is 15.7. The number of carbonyl (C=O) groups excluding carboxylic acids is 1. The summed E-state index contributed by atoms with van der Waals surface area (Å²) in [4.78, 5) is 24.5. The smallest absolute Gasteiger partial charge is 0.283 e. The van der Waals surface area contributed by atoms with E-state index in [1.807, 2.05) is 0 Å². The molecule has 0 saturated carbocycles. The Bertz CT molecular complexity index is 544. The maximum atomic E-state index is 12.5. The number of piperidine rings is 1. The highest BCUT2D eigenvalue weighted by Gasteiger charge is 2.27. The summed E-state index contributed by atoms with van der Waals surface area (Å²) in [6.07, 6.45) is 2.00. The Kier molecular flexibility index (Phi) is 5.14. The minimum absolute atomic E-state index is 0.0272. The van der Waals surface area contributed by atoms with Crippen LogP contribution in [0, 0.1) is 16.0 Å². The van der Waals surface area contributed by atoms with E-state index in [0.29, 0.717) is 12.5 Å². The van der Waals surface area contributed by atoms with Crippen molar-refractivity contribution in [2.45, 2.75) is 12.8 Å². The van der Waals surface area contributed by atoms with Crippen molar-refractivity contribution < 1.29 is 9.72 Å². The number of amides is 1. The van der Waals surface area contributed by atoms with Gasteiger partial charge in [0, 0.05) is 19.7 Å².